The minimum absolute atomic E-state index is 0.00235. The highest BCUT2D eigenvalue weighted by Crippen LogP contribution is 2.49. The van der Waals surface area contributed by atoms with Gasteiger partial charge in [0.05, 0.1) is 69.9 Å². The SMILES string of the molecule is C[C@H]1NC(=O)N[C@H]1CCCCCC(=O)NCCOCCOCCOCCn1cc(CCC2(CC(=O)O[C@H]3C=C4CCN(C)[C@H]4[C@@H]4c5cc6c(cc5C(=O)O[C@@H]43)OCO6)N=N2)nn1. The van der Waals surface area contributed by atoms with Crippen molar-refractivity contribution < 1.29 is 52.3 Å². The molecule has 2 fully saturated rings. The highest BCUT2D eigenvalue weighted by molar-refractivity contribution is 5.94. The molecular weight excluding hydrogens is 807 g/mol. The van der Waals surface area contributed by atoms with Crippen LogP contribution in [0.4, 0.5) is 4.79 Å². The number of carbonyl (C=O) groups excluding carboxylic acids is 4. The molecule has 20 nitrogen and oxygen atoms in total. The van der Waals surface area contributed by atoms with E-state index in [2.05, 4.69) is 48.4 Å². The largest absolute Gasteiger partial charge is 0.454 e. The van der Waals surface area contributed by atoms with Gasteiger partial charge in [0.1, 0.15) is 0 Å². The lowest BCUT2D eigenvalue weighted by molar-refractivity contribution is -0.155. The highest BCUT2D eigenvalue weighted by Gasteiger charge is 2.53. The molecule has 0 radical (unpaired) electrons. The molecule has 8 rings (SSSR count). The van der Waals surface area contributed by atoms with Crippen LogP contribution in [0.3, 0.4) is 0 Å². The zero-order chi connectivity index (χ0) is 43.1. The van der Waals surface area contributed by atoms with Gasteiger partial charge in [-0.3, -0.25) is 14.5 Å². The van der Waals surface area contributed by atoms with E-state index < -0.39 is 29.8 Å². The number of hydrogen-bond donors (Lipinski definition) is 3. The first kappa shape index (κ1) is 43.5. The molecule has 336 valence electrons. The van der Waals surface area contributed by atoms with Crippen molar-refractivity contribution in [3.8, 4) is 11.5 Å². The van der Waals surface area contributed by atoms with E-state index in [1.54, 1.807) is 10.7 Å². The van der Waals surface area contributed by atoms with Gasteiger partial charge < -0.3 is 49.1 Å². The van der Waals surface area contributed by atoms with Crippen LogP contribution in [0, 0.1) is 0 Å². The molecule has 6 aliphatic rings. The number of aryl methyl sites for hydroxylation is 1. The fraction of sp³-hybridized carbons (Fsp3) is 0.667. The molecule has 3 amide bonds. The van der Waals surface area contributed by atoms with E-state index >= 15 is 0 Å². The van der Waals surface area contributed by atoms with E-state index in [4.69, 9.17) is 33.2 Å². The number of carbonyl (C=O) groups is 4. The molecule has 62 heavy (non-hydrogen) atoms. The van der Waals surface area contributed by atoms with Crippen LogP contribution >= 0.6 is 0 Å². The number of likely N-dealkylation sites (N-methyl/N-ethyl adjacent to an activating group) is 1. The second kappa shape index (κ2) is 19.9. The highest BCUT2D eigenvalue weighted by atomic mass is 16.7. The Labute approximate surface area is 359 Å². The number of nitrogens with zero attached hydrogens (tertiary/aromatic N) is 6. The Kier molecular flexibility index (Phi) is 13.9. The Bertz CT molecular complexity index is 2000. The minimum atomic E-state index is -0.883. The minimum Gasteiger partial charge on any atom is -0.454 e. The van der Waals surface area contributed by atoms with E-state index in [-0.39, 0.29) is 49.2 Å². The molecule has 1 aromatic heterocycles. The smallest absolute Gasteiger partial charge is 0.339 e. The van der Waals surface area contributed by atoms with Gasteiger partial charge in [0.2, 0.25) is 18.4 Å². The third-order valence-corrected chi connectivity index (χ3v) is 12.3. The van der Waals surface area contributed by atoms with Crippen molar-refractivity contribution in [3.63, 3.8) is 0 Å². The van der Waals surface area contributed by atoms with Gasteiger partial charge in [0.25, 0.3) is 0 Å². The predicted molar refractivity (Wildman–Crippen MR) is 218 cm³/mol. The fourth-order valence-corrected chi connectivity index (χ4v) is 8.93. The van der Waals surface area contributed by atoms with Gasteiger partial charge in [-0.1, -0.05) is 23.6 Å². The summed E-state index contributed by atoms with van der Waals surface area (Å²) in [6, 6.07) is 3.76. The van der Waals surface area contributed by atoms with Crippen LogP contribution in [0.25, 0.3) is 0 Å². The second-order valence-corrected chi connectivity index (χ2v) is 16.7. The Morgan fingerprint density at radius 2 is 1.76 bits per heavy atom. The number of hydrogen-bond acceptors (Lipinski definition) is 16. The first-order valence-electron chi connectivity index (χ1n) is 21.8. The van der Waals surface area contributed by atoms with Crippen LogP contribution in [0.15, 0.2) is 40.2 Å². The van der Waals surface area contributed by atoms with Gasteiger partial charge >= 0.3 is 18.0 Å². The van der Waals surface area contributed by atoms with E-state index in [0.29, 0.717) is 89.1 Å². The lowest BCUT2D eigenvalue weighted by Crippen LogP contribution is -2.52. The summed E-state index contributed by atoms with van der Waals surface area (Å²) in [5.41, 5.74) is 2.28. The van der Waals surface area contributed by atoms with E-state index in [0.717, 1.165) is 55.5 Å². The zero-order valence-corrected chi connectivity index (χ0v) is 35.4. The number of esters is 2. The number of ether oxygens (including phenoxy) is 7. The first-order valence-corrected chi connectivity index (χ1v) is 21.8. The van der Waals surface area contributed by atoms with Gasteiger partial charge in [-0.15, -0.1) is 5.10 Å². The monoisotopic (exact) mass is 863 g/mol. The van der Waals surface area contributed by atoms with Crippen LogP contribution in [0.2, 0.25) is 0 Å². The van der Waals surface area contributed by atoms with Gasteiger partial charge in [-0.2, -0.15) is 10.2 Å². The summed E-state index contributed by atoms with van der Waals surface area (Å²) in [7, 11) is 2.06. The average molecular weight is 864 g/mol. The average Bonchev–Trinajstić information content (AvgIpc) is 3.62. The lowest BCUT2D eigenvalue weighted by Gasteiger charge is -2.44. The van der Waals surface area contributed by atoms with Crippen LogP contribution in [0.5, 0.6) is 11.5 Å². The molecule has 20 heteroatoms. The Morgan fingerprint density at radius 1 is 0.984 bits per heavy atom. The molecule has 5 aliphatic heterocycles. The molecule has 0 bridgehead atoms. The van der Waals surface area contributed by atoms with Gasteiger partial charge in [0.15, 0.2) is 23.7 Å². The summed E-state index contributed by atoms with van der Waals surface area (Å²) in [4.78, 5) is 52.4. The second-order valence-electron chi connectivity index (χ2n) is 16.7. The molecule has 2 saturated heterocycles. The summed E-state index contributed by atoms with van der Waals surface area (Å²) >= 11 is 0. The first-order chi connectivity index (χ1) is 30.1. The normalized spacial score (nSPS) is 25.0. The molecule has 3 N–H and O–H groups in total. The number of unbranched alkanes of at least 4 members (excludes halogenated alkanes) is 2. The number of benzene rings is 1. The summed E-state index contributed by atoms with van der Waals surface area (Å²) < 4.78 is 41.8. The number of amides is 3. The molecule has 0 saturated carbocycles. The standard InChI is InChI=1S/C42H57N9O11/c1-26-31(45-41(55)44-26)6-4-3-5-7-35(52)43-11-14-56-16-18-58-19-17-57-15-13-51-24-28(46-49-51)8-10-42(47-48-42)23-36(53)61-34-20-27-9-12-50(2)38(27)37-29-21-32-33(60-25-59-32)22-30(29)40(54)62-39(34)37/h20-22,24,26,31,34,37-39H,3-19,23,25H2,1-2H3,(H,43,52)(H2,44,45,55)/t26-,31+,34+,37+,38-,39-/m1/s1. The number of nitrogens with one attached hydrogen (secondary N) is 3. The molecule has 1 aliphatic carbocycles. The van der Waals surface area contributed by atoms with Crippen molar-refractivity contribution in [1.82, 2.24) is 35.8 Å². The third-order valence-electron chi connectivity index (χ3n) is 12.3. The molecule has 0 spiro atoms. The summed E-state index contributed by atoms with van der Waals surface area (Å²) in [6.45, 7) is 6.43. The number of aromatic nitrogens is 3. The van der Waals surface area contributed by atoms with E-state index in [1.807, 2.05) is 25.3 Å². The van der Waals surface area contributed by atoms with Crippen molar-refractivity contribution in [2.75, 3.05) is 66.6 Å². The summed E-state index contributed by atoms with van der Waals surface area (Å²) in [5, 5.41) is 25.6. The van der Waals surface area contributed by atoms with E-state index in [9.17, 15) is 19.2 Å². The number of rotatable bonds is 24. The summed E-state index contributed by atoms with van der Waals surface area (Å²) in [5.74, 6) is -0.0663. The molecule has 6 atom stereocenters. The summed E-state index contributed by atoms with van der Waals surface area (Å²) in [6.07, 6.45) is 8.26. The Morgan fingerprint density at radius 3 is 2.53 bits per heavy atom. The van der Waals surface area contributed by atoms with Crippen molar-refractivity contribution in [3.05, 3.63) is 46.8 Å². The topological polar surface area (TPSA) is 228 Å². The maximum absolute atomic E-state index is 13.4. The van der Waals surface area contributed by atoms with Crippen LogP contribution in [-0.2, 0) is 46.2 Å². The molecule has 0 unspecified atom stereocenters. The van der Waals surface area contributed by atoms with Crippen molar-refractivity contribution in [2.45, 2.75) is 113 Å². The van der Waals surface area contributed by atoms with Crippen LogP contribution in [0.1, 0.15) is 85.8 Å². The van der Waals surface area contributed by atoms with Crippen molar-refractivity contribution >= 4 is 23.9 Å². The van der Waals surface area contributed by atoms with Gasteiger partial charge in [-0.25, -0.2) is 14.3 Å². The maximum Gasteiger partial charge on any atom is 0.339 e. The van der Waals surface area contributed by atoms with Gasteiger partial charge in [-0.05, 0) is 63.4 Å². The molecule has 1 aromatic carbocycles. The zero-order valence-electron chi connectivity index (χ0n) is 35.4. The lowest BCUT2D eigenvalue weighted by atomic mass is 9.73. The Balaban J connectivity index is 0.666. The van der Waals surface area contributed by atoms with E-state index in [1.165, 1.54) is 0 Å². The number of fused-ring (bicyclic) bond motifs is 6. The van der Waals surface area contributed by atoms with Crippen molar-refractivity contribution in [1.29, 1.82) is 0 Å². The molecule has 6 heterocycles. The van der Waals surface area contributed by atoms with Crippen LogP contribution in [-0.4, -0.2) is 146 Å². The Hall–Kier alpha value is -5.18. The molecular formula is C42H57N9O11. The van der Waals surface area contributed by atoms with Crippen LogP contribution < -0.4 is 25.4 Å². The quantitative estimate of drug-likeness (QED) is 0.0784. The number of urea groups is 1. The van der Waals surface area contributed by atoms with Gasteiger partial charge in [0, 0.05) is 50.1 Å². The third kappa shape index (κ3) is 10.7. The fourth-order valence-electron chi connectivity index (χ4n) is 8.93. The van der Waals surface area contributed by atoms with Crippen molar-refractivity contribution in [2.24, 2.45) is 10.2 Å². The predicted octanol–water partition coefficient (Wildman–Crippen LogP) is 2.56. The number of likely N-dealkylation sites (tertiary alicyclic amines) is 1. The molecule has 2 aromatic rings. The maximum atomic E-state index is 13.4.